The van der Waals surface area contributed by atoms with Crippen LogP contribution in [-0.2, 0) is 14.2 Å². The van der Waals surface area contributed by atoms with E-state index in [1.54, 1.807) is 41.5 Å². The van der Waals surface area contributed by atoms with E-state index < -0.39 is 23.4 Å². The zero-order valence-corrected chi connectivity index (χ0v) is 16.0. The first kappa shape index (κ1) is 21.1. The minimum absolute atomic E-state index is 0.135. The van der Waals surface area contributed by atoms with Crippen LogP contribution in [0.15, 0.2) is 0 Å². The van der Waals surface area contributed by atoms with Gasteiger partial charge in [0.05, 0.1) is 12.1 Å². The lowest BCUT2D eigenvalue weighted by molar-refractivity contribution is 0.0329. The average molecular weight is 354 g/mol. The number of alkyl carbamates (subject to hydrolysis) is 2. The summed E-state index contributed by atoms with van der Waals surface area (Å²) in [5.41, 5.74) is -1.16. The number of hydrogen-bond donors (Lipinski definition) is 2. The quantitative estimate of drug-likeness (QED) is 0.758. The van der Waals surface area contributed by atoms with Crippen molar-refractivity contribution < 1.29 is 23.8 Å². The van der Waals surface area contributed by atoms with Crippen LogP contribution in [0.4, 0.5) is 9.59 Å². The summed E-state index contributed by atoms with van der Waals surface area (Å²) in [7, 11) is 0. The van der Waals surface area contributed by atoms with Crippen molar-refractivity contribution in [3.05, 3.63) is 0 Å². The van der Waals surface area contributed by atoms with Gasteiger partial charge < -0.3 is 24.8 Å². The van der Waals surface area contributed by atoms with E-state index >= 15 is 0 Å². The van der Waals surface area contributed by atoms with Gasteiger partial charge in [-0.25, -0.2) is 9.59 Å². The number of rotatable bonds is 4. The molecule has 1 rings (SSSR count). The lowest BCUT2D eigenvalue weighted by Crippen LogP contribution is -2.44. The molecule has 0 aromatic heterocycles. The van der Waals surface area contributed by atoms with Crippen LogP contribution in [0.25, 0.3) is 0 Å². The fraction of sp³-hybridized carbons (Fsp3) is 0.778. The van der Waals surface area contributed by atoms with E-state index in [1.807, 2.05) is 0 Å². The predicted octanol–water partition coefficient (Wildman–Crippen LogP) is 2.59. The minimum atomic E-state index is -0.591. The number of carbonyl (C=O) groups excluding carboxylic acids is 2. The highest BCUT2D eigenvalue weighted by molar-refractivity contribution is 5.69. The molecule has 142 valence electrons. The molecule has 2 amide bonds. The smallest absolute Gasteiger partial charge is 0.407 e. The summed E-state index contributed by atoms with van der Waals surface area (Å²) in [5.74, 6) is 2.42. The molecule has 25 heavy (non-hydrogen) atoms. The molecular formula is C18H30N2O5. The van der Waals surface area contributed by atoms with Crippen molar-refractivity contribution in [2.75, 3.05) is 6.61 Å². The molecule has 0 unspecified atom stereocenters. The van der Waals surface area contributed by atoms with Crippen LogP contribution in [0.2, 0.25) is 0 Å². The number of nitrogens with one attached hydrogen (secondary N) is 2. The van der Waals surface area contributed by atoms with E-state index in [4.69, 9.17) is 20.6 Å². The van der Waals surface area contributed by atoms with Gasteiger partial charge in [0.15, 0.2) is 0 Å². The first-order valence-electron chi connectivity index (χ1n) is 8.44. The van der Waals surface area contributed by atoms with Crippen LogP contribution in [0.5, 0.6) is 0 Å². The van der Waals surface area contributed by atoms with Gasteiger partial charge in [-0.05, 0) is 54.4 Å². The summed E-state index contributed by atoms with van der Waals surface area (Å²) in [6.07, 6.45) is 4.96. The second-order valence-corrected chi connectivity index (χ2v) is 8.12. The predicted molar refractivity (Wildman–Crippen MR) is 94.1 cm³/mol. The van der Waals surface area contributed by atoms with Gasteiger partial charge in [0.25, 0.3) is 0 Å². The van der Waals surface area contributed by atoms with E-state index in [0.29, 0.717) is 12.8 Å². The second kappa shape index (κ2) is 8.43. The van der Waals surface area contributed by atoms with E-state index in [2.05, 4.69) is 16.6 Å². The topological polar surface area (TPSA) is 85.9 Å². The molecule has 3 atom stereocenters. The molecule has 0 spiro atoms. The lowest BCUT2D eigenvalue weighted by atomic mass is 10.2. The molecule has 7 nitrogen and oxygen atoms in total. The fourth-order valence-electron chi connectivity index (χ4n) is 2.54. The molecule has 0 aliphatic heterocycles. The van der Waals surface area contributed by atoms with Crippen LogP contribution < -0.4 is 10.6 Å². The molecule has 2 N–H and O–H groups in total. The largest absolute Gasteiger partial charge is 0.444 e. The highest BCUT2D eigenvalue weighted by Gasteiger charge is 2.38. The summed E-state index contributed by atoms with van der Waals surface area (Å²) >= 11 is 0. The van der Waals surface area contributed by atoms with Crippen LogP contribution in [0.1, 0.15) is 54.4 Å². The maximum Gasteiger partial charge on any atom is 0.407 e. The third-order valence-electron chi connectivity index (χ3n) is 3.31. The highest BCUT2D eigenvalue weighted by Crippen LogP contribution is 2.24. The Labute approximate surface area is 150 Å². The number of terminal acetylenes is 1. The molecule has 1 aliphatic carbocycles. The van der Waals surface area contributed by atoms with Crippen molar-refractivity contribution in [1.82, 2.24) is 10.6 Å². The van der Waals surface area contributed by atoms with Crippen molar-refractivity contribution in [2.24, 2.45) is 0 Å². The molecule has 7 heteroatoms. The van der Waals surface area contributed by atoms with Crippen LogP contribution in [0, 0.1) is 12.3 Å². The Balaban J connectivity index is 2.64. The van der Waals surface area contributed by atoms with Crippen LogP contribution in [-0.4, -0.2) is 48.2 Å². The Bertz CT molecular complexity index is 513. The van der Waals surface area contributed by atoms with Crippen molar-refractivity contribution in [2.45, 2.75) is 83.8 Å². The minimum Gasteiger partial charge on any atom is -0.444 e. The van der Waals surface area contributed by atoms with Crippen molar-refractivity contribution in [3.8, 4) is 12.3 Å². The molecule has 0 saturated heterocycles. The zero-order valence-electron chi connectivity index (χ0n) is 16.0. The van der Waals surface area contributed by atoms with E-state index in [9.17, 15) is 9.59 Å². The van der Waals surface area contributed by atoms with E-state index in [1.165, 1.54) is 0 Å². The monoisotopic (exact) mass is 354 g/mol. The normalized spacial score (nSPS) is 23.5. The Morgan fingerprint density at radius 3 is 2.00 bits per heavy atom. The number of ether oxygens (including phenoxy) is 3. The summed E-state index contributed by atoms with van der Waals surface area (Å²) in [4.78, 5) is 23.9. The second-order valence-electron chi connectivity index (χ2n) is 8.12. The SMILES string of the molecule is C#CCO[C@@H]1C[C@@H](NC(=O)OC(C)(C)C)C[C@H]1NC(=O)OC(C)(C)C. The third kappa shape index (κ3) is 8.64. The lowest BCUT2D eigenvalue weighted by Gasteiger charge is -2.24. The van der Waals surface area contributed by atoms with Crippen molar-refractivity contribution in [3.63, 3.8) is 0 Å². The Morgan fingerprint density at radius 2 is 1.52 bits per heavy atom. The van der Waals surface area contributed by atoms with Crippen molar-refractivity contribution >= 4 is 12.2 Å². The molecule has 1 saturated carbocycles. The molecule has 0 bridgehead atoms. The number of amides is 2. The first-order chi connectivity index (χ1) is 11.4. The molecule has 0 aromatic rings. The fourth-order valence-corrected chi connectivity index (χ4v) is 2.54. The number of hydrogen-bond acceptors (Lipinski definition) is 5. The van der Waals surface area contributed by atoms with Crippen LogP contribution in [0.3, 0.4) is 0 Å². The molecule has 1 aliphatic rings. The maximum absolute atomic E-state index is 12.0. The van der Waals surface area contributed by atoms with Gasteiger partial charge in [-0.15, -0.1) is 6.42 Å². The molecule has 1 fully saturated rings. The third-order valence-corrected chi connectivity index (χ3v) is 3.31. The van der Waals surface area contributed by atoms with Gasteiger partial charge in [0.1, 0.15) is 17.8 Å². The first-order valence-corrected chi connectivity index (χ1v) is 8.44. The van der Waals surface area contributed by atoms with E-state index in [-0.39, 0.29) is 24.8 Å². The molecule has 0 aromatic carbocycles. The summed E-state index contributed by atoms with van der Waals surface area (Å²) in [6.45, 7) is 10.9. The summed E-state index contributed by atoms with van der Waals surface area (Å²) in [6, 6.07) is -0.485. The van der Waals surface area contributed by atoms with E-state index in [0.717, 1.165) is 0 Å². The molecular weight excluding hydrogens is 324 g/mol. The van der Waals surface area contributed by atoms with Crippen LogP contribution >= 0.6 is 0 Å². The number of carbonyl (C=O) groups is 2. The zero-order chi connectivity index (χ0) is 19.3. The Morgan fingerprint density at radius 1 is 1.00 bits per heavy atom. The standard InChI is InChI=1S/C18H30N2O5/c1-8-9-23-14-11-12(19-15(21)24-17(2,3)4)10-13(14)20-16(22)25-18(5,6)7/h1,12-14H,9-11H2,2-7H3,(H,19,21)(H,20,22)/t12-,13+,14+/m0/s1. The van der Waals surface area contributed by atoms with Crippen molar-refractivity contribution in [1.29, 1.82) is 0 Å². The van der Waals surface area contributed by atoms with Gasteiger partial charge in [0, 0.05) is 6.04 Å². The van der Waals surface area contributed by atoms with Gasteiger partial charge in [0.2, 0.25) is 0 Å². The molecule has 0 radical (unpaired) electrons. The summed E-state index contributed by atoms with van der Waals surface area (Å²) < 4.78 is 16.1. The Hall–Kier alpha value is -1.94. The highest BCUT2D eigenvalue weighted by atomic mass is 16.6. The maximum atomic E-state index is 12.0. The van der Waals surface area contributed by atoms with Gasteiger partial charge >= 0.3 is 12.2 Å². The van der Waals surface area contributed by atoms with Gasteiger partial charge in [-0.1, -0.05) is 5.92 Å². The molecule has 0 heterocycles. The summed E-state index contributed by atoms with van der Waals surface area (Å²) in [5, 5.41) is 5.61. The van der Waals surface area contributed by atoms with Gasteiger partial charge in [-0.3, -0.25) is 0 Å². The average Bonchev–Trinajstić information content (AvgIpc) is 2.73. The van der Waals surface area contributed by atoms with Gasteiger partial charge in [-0.2, -0.15) is 0 Å². The Kier molecular flexibility index (Phi) is 7.12.